The summed E-state index contributed by atoms with van der Waals surface area (Å²) in [6.07, 6.45) is 17.8. The van der Waals surface area contributed by atoms with Gasteiger partial charge in [0.2, 0.25) is 0 Å². The van der Waals surface area contributed by atoms with E-state index in [1.54, 1.807) is 0 Å². The molecular formula is C52H100O14. The summed E-state index contributed by atoms with van der Waals surface area (Å²) in [5, 5.41) is 93.2. The number of hydrogen-bond donors (Lipinski definition) is 9. The largest absolute Gasteiger partial charge is 0.455 e. The molecule has 0 fully saturated rings. The highest BCUT2D eigenvalue weighted by molar-refractivity contribution is 5.92. The molecule has 0 radical (unpaired) electrons. The molecule has 14 nitrogen and oxygen atoms in total. The third-order valence-corrected chi connectivity index (χ3v) is 13.0. The Hall–Kier alpha value is -1.75. The molecular weight excluding hydrogens is 849 g/mol. The second-order valence-electron chi connectivity index (χ2n) is 19.3. The molecule has 3 unspecified atom stereocenters. The molecule has 66 heavy (non-hydrogen) atoms. The van der Waals surface area contributed by atoms with Gasteiger partial charge < -0.3 is 55.4 Å². The van der Waals surface area contributed by atoms with E-state index in [0.717, 1.165) is 51.4 Å². The Bertz CT molecular complexity index is 1110. The minimum Gasteiger partial charge on any atom is -0.455 e. The van der Waals surface area contributed by atoms with Crippen molar-refractivity contribution in [3.63, 3.8) is 0 Å². The monoisotopic (exact) mass is 949 g/mol. The van der Waals surface area contributed by atoms with Crippen LogP contribution in [0.2, 0.25) is 0 Å². The molecule has 0 saturated carbocycles. The summed E-state index contributed by atoms with van der Waals surface area (Å²) in [7, 11) is 0. The van der Waals surface area contributed by atoms with Crippen molar-refractivity contribution in [1.29, 1.82) is 0 Å². The lowest BCUT2D eigenvalue weighted by Gasteiger charge is -2.41. The predicted octanol–water partition coefficient (Wildman–Crippen LogP) is 7.83. The van der Waals surface area contributed by atoms with Crippen LogP contribution in [0.25, 0.3) is 0 Å². The number of unbranched alkanes of at least 4 members (excludes halogenated alkanes) is 28. The molecule has 0 heterocycles. The van der Waals surface area contributed by atoms with Gasteiger partial charge in [0.25, 0.3) is 0 Å². The van der Waals surface area contributed by atoms with E-state index in [2.05, 4.69) is 13.8 Å². The summed E-state index contributed by atoms with van der Waals surface area (Å²) in [6, 6.07) is 0. The zero-order valence-corrected chi connectivity index (χ0v) is 41.7. The van der Waals surface area contributed by atoms with Gasteiger partial charge in [-0.1, -0.05) is 194 Å². The first-order chi connectivity index (χ1) is 31.9. The quantitative estimate of drug-likeness (QED) is 0.0208. The molecule has 9 N–H and O–H groups in total. The van der Waals surface area contributed by atoms with Crippen LogP contribution in [0.5, 0.6) is 0 Å². The van der Waals surface area contributed by atoms with Crippen LogP contribution < -0.4 is 0 Å². The number of hydrogen-bond acceptors (Lipinski definition) is 14. The maximum absolute atomic E-state index is 14.9. The lowest BCUT2D eigenvalue weighted by atomic mass is 9.68. The maximum Gasteiger partial charge on any atom is 0.306 e. The van der Waals surface area contributed by atoms with Gasteiger partial charge in [0, 0.05) is 18.3 Å². The van der Waals surface area contributed by atoms with Crippen LogP contribution in [-0.4, -0.2) is 133 Å². The van der Waals surface area contributed by atoms with Crippen LogP contribution >= 0.6 is 0 Å². The fraction of sp³-hybridized carbons (Fsp3) is 0.942. The van der Waals surface area contributed by atoms with Gasteiger partial charge in [0.15, 0.2) is 18.0 Å². The zero-order chi connectivity index (χ0) is 49.3. The molecule has 0 aliphatic carbocycles. The van der Waals surface area contributed by atoms with Gasteiger partial charge in [0.05, 0.1) is 44.7 Å². The number of aliphatic hydroxyl groups excluding tert-OH is 9. The molecule has 7 atom stereocenters. The topological polar surface area (TPSA) is 252 Å². The molecule has 0 bridgehead atoms. The van der Waals surface area contributed by atoms with Gasteiger partial charge in [-0.15, -0.1) is 0 Å². The molecule has 0 aromatic rings. The van der Waals surface area contributed by atoms with Crippen molar-refractivity contribution >= 4 is 17.7 Å². The van der Waals surface area contributed by atoms with Crippen molar-refractivity contribution in [3.05, 3.63) is 0 Å². The Balaban J connectivity index is 5.84. The third kappa shape index (κ3) is 32.1. The average Bonchev–Trinajstić information content (AvgIpc) is 3.31. The highest BCUT2D eigenvalue weighted by Gasteiger charge is 2.52. The number of esters is 2. The minimum atomic E-state index is -2.20. The fourth-order valence-electron chi connectivity index (χ4n) is 9.00. The van der Waals surface area contributed by atoms with E-state index in [-0.39, 0.29) is 12.8 Å². The van der Waals surface area contributed by atoms with Crippen molar-refractivity contribution in [2.45, 2.75) is 281 Å². The Morgan fingerprint density at radius 1 is 0.394 bits per heavy atom. The Kier molecular flexibility index (Phi) is 42.1. The molecule has 0 rings (SSSR count). The van der Waals surface area contributed by atoms with E-state index >= 15 is 0 Å². The van der Waals surface area contributed by atoms with E-state index in [1.165, 1.54) is 116 Å². The predicted molar refractivity (Wildman–Crippen MR) is 259 cm³/mol. The van der Waals surface area contributed by atoms with Crippen molar-refractivity contribution in [2.24, 2.45) is 5.41 Å². The molecule has 392 valence electrons. The minimum absolute atomic E-state index is 0.133. The second kappa shape index (κ2) is 43.3. The van der Waals surface area contributed by atoms with Crippen LogP contribution in [0.4, 0.5) is 0 Å². The lowest BCUT2D eigenvalue weighted by Crippen LogP contribution is -2.57. The highest BCUT2D eigenvalue weighted by Crippen LogP contribution is 2.40. The van der Waals surface area contributed by atoms with Crippen molar-refractivity contribution in [2.75, 3.05) is 26.4 Å². The Morgan fingerprint density at radius 3 is 0.939 bits per heavy atom. The van der Waals surface area contributed by atoms with E-state index < -0.39 is 112 Å². The number of carbonyl (C=O) groups is 3. The first kappa shape index (κ1) is 64.2. The summed E-state index contributed by atoms with van der Waals surface area (Å²) in [4.78, 5) is 41.9. The van der Waals surface area contributed by atoms with Crippen molar-refractivity contribution in [1.82, 2.24) is 0 Å². The normalized spacial score (nSPS) is 15.9. The number of Topliss-reactive ketones (excluding diaryl/α,β-unsaturated/α-hetero) is 1. The standard InChI is InChI=1S/C52H100O14/c1-3-5-7-9-11-13-15-17-19-21-23-25-27-29-31-33-46(61)65-49(48(63)45(60)41-56)50(51(64)52(35-42(57)38-53,36-43(58)39-54)37-44(59)40-55)66-47(62)34-32-30-28-26-24-22-20-18-16-14-12-10-8-6-4-2/h42-45,48-50,53-60,63H,3-41H2,1-2H3/t42?,43?,44?,45-,48-,49+,50-,52?/m1/s1. The van der Waals surface area contributed by atoms with E-state index in [1.807, 2.05) is 0 Å². The molecule has 0 aliphatic heterocycles. The van der Waals surface area contributed by atoms with Crippen LogP contribution in [-0.2, 0) is 23.9 Å². The summed E-state index contributed by atoms with van der Waals surface area (Å²) < 4.78 is 11.4. The van der Waals surface area contributed by atoms with Crippen molar-refractivity contribution < 1.29 is 69.8 Å². The van der Waals surface area contributed by atoms with E-state index in [9.17, 15) is 60.3 Å². The first-order valence-electron chi connectivity index (χ1n) is 26.6. The molecule has 14 heteroatoms. The van der Waals surface area contributed by atoms with Crippen LogP contribution in [0.3, 0.4) is 0 Å². The molecule has 0 aromatic carbocycles. The number of carbonyl (C=O) groups excluding carboxylic acids is 3. The highest BCUT2D eigenvalue weighted by atomic mass is 16.6. The lowest BCUT2D eigenvalue weighted by molar-refractivity contribution is -0.193. The summed E-state index contributed by atoms with van der Waals surface area (Å²) in [6.45, 7) is 0.819. The van der Waals surface area contributed by atoms with Crippen LogP contribution in [0.15, 0.2) is 0 Å². The number of rotatable bonds is 49. The first-order valence-corrected chi connectivity index (χ1v) is 26.6. The molecule has 0 aliphatic rings. The SMILES string of the molecule is CCCCCCCCCCCCCCCCCC(=O)O[C@@H]([C@H](O)[C@H](O)CO)[C@@H](OC(=O)CCCCCCCCCCCCCCCCC)C(=O)C(CC(O)CO)(CC(O)CO)CC(O)CO. The summed E-state index contributed by atoms with van der Waals surface area (Å²) >= 11 is 0. The van der Waals surface area contributed by atoms with Crippen molar-refractivity contribution in [3.8, 4) is 0 Å². The van der Waals surface area contributed by atoms with Gasteiger partial charge >= 0.3 is 11.9 Å². The number of ketones is 1. The Labute approximate surface area is 399 Å². The number of ether oxygens (including phenoxy) is 2. The van der Waals surface area contributed by atoms with Gasteiger partial charge in [-0.3, -0.25) is 14.4 Å². The Morgan fingerprint density at radius 2 is 0.667 bits per heavy atom. The maximum atomic E-state index is 14.9. The van der Waals surface area contributed by atoms with E-state index in [0.29, 0.717) is 25.7 Å². The van der Waals surface area contributed by atoms with Gasteiger partial charge in [0.1, 0.15) is 12.2 Å². The zero-order valence-electron chi connectivity index (χ0n) is 41.7. The second-order valence-corrected chi connectivity index (χ2v) is 19.3. The average molecular weight is 949 g/mol. The molecule has 0 amide bonds. The number of aliphatic hydroxyl groups is 9. The van der Waals surface area contributed by atoms with Gasteiger partial charge in [-0.05, 0) is 32.1 Å². The molecule has 0 spiro atoms. The van der Waals surface area contributed by atoms with Gasteiger partial charge in [-0.25, -0.2) is 0 Å². The van der Waals surface area contributed by atoms with E-state index in [4.69, 9.17) is 9.47 Å². The van der Waals surface area contributed by atoms with Gasteiger partial charge in [-0.2, -0.15) is 0 Å². The smallest absolute Gasteiger partial charge is 0.306 e. The summed E-state index contributed by atoms with van der Waals surface area (Å²) in [5.41, 5.74) is -2.14. The third-order valence-electron chi connectivity index (χ3n) is 13.0. The molecule has 0 aromatic heterocycles. The fourth-order valence-corrected chi connectivity index (χ4v) is 9.00. The van der Waals surface area contributed by atoms with Crippen LogP contribution in [0, 0.1) is 5.41 Å². The molecule has 0 saturated heterocycles. The summed E-state index contributed by atoms with van der Waals surface area (Å²) in [5.74, 6) is -2.94. The van der Waals surface area contributed by atoms with Crippen LogP contribution in [0.1, 0.15) is 239 Å².